The van der Waals surface area contributed by atoms with Gasteiger partial charge in [0.1, 0.15) is 0 Å². The number of nitrogen functional groups attached to an aromatic ring is 1. The molecule has 110 valence electrons. The van der Waals surface area contributed by atoms with Gasteiger partial charge in [-0.1, -0.05) is 29.3 Å². The van der Waals surface area contributed by atoms with E-state index in [4.69, 9.17) is 28.9 Å². The lowest BCUT2D eigenvalue weighted by atomic mass is 10.2. The molecule has 3 nitrogen and oxygen atoms in total. The molecule has 0 bridgehead atoms. The zero-order valence-corrected chi connectivity index (χ0v) is 13.4. The van der Waals surface area contributed by atoms with Crippen molar-refractivity contribution in [3.8, 4) is 0 Å². The normalized spacial score (nSPS) is 10.4. The molecule has 0 atom stereocenters. The standard InChI is InChI=1S/C15H14Cl2N2OS/c16-10-2-1-3-12(8-10)21-7-6-15(20)19-14-5-4-11(17)9-13(14)18/h1-5,8-9H,6-7,18H2,(H,19,20). The first kappa shape index (κ1) is 16.0. The topological polar surface area (TPSA) is 55.1 Å². The summed E-state index contributed by atoms with van der Waals surface area (Å²) in [6, 6.07) is 12.5. The van der Waals surface area contributed by atoms with Crippen LogP contribution in [0.4, 0.5) is 11.4 Å². The molecule has 0 aliphatic carbocycles. The molecule has 2 aromatic carbocycles. The van der Waals surface area contributed by atoms with Gasteiger partial charge in [0.2, 0.25) is 5.91 Å². The van der Waals surface area contributed by atoms with Gasteiger partial charge in [0.25, 0.3) is 0 Å². The van der Waals surface area contributed by atoms with E-state index in [-0.39, 0.29) is 5.91 Å². The van der Waals surface area contributed by atoms with Crippen molar-refractivity contribution >= 4 is 52.2 Å². The quantitative estimate of drug-likeness (QED) is 0.612. The molecule has 0 heterocycles. The maximum Gasteiger partial charge on any atom is 0.225 e. The first-order valence-corrected chi connectivity index (χ1v) is 8.02. The number of amides is 1. The zero-order valence-electron chi connectivity index (χ0n) is 11.1. The van der Waals surface area contributed by atoms with Crippen molar-refractivity contribution < 1.29 is 4.79 Å². The van der Waals surface area contributed by atoms with Gasteiger partial charge in [0.05, 0.1) is 11.4 Å². The Morgan fingerprint density at radius 2 is 1.90 bits per heavy atom. The Hall–Kier alpha value is -1.36. The van der Waals surface area contributed by atoms with Crippen LogP contribution in [-0.2, 0) is 4.79 Å². The minimum Gasteiger partial charge on any atom is -0.397 e. The second-order valence-corrected chi connectivity index (χ2v) is 6.38. The van der Waals surface area contributed by atoms with Crippen LogP contribution in [0.15, 0.2) is 47.4 Å². The zero-order chi connectivity index (χ0) is 15.2. The highest BCUT2D eigenvalue weighted by Crippen LogP contribution is 2.24. The Bertz CT molecular complexity index is 649. The van der Waals surface area contributed by atoms with Crippen LogP contribution in [0.5, 0.6) is 0 Å². The third-order valence-electron chi connectivity index (χ3n) is 2.68. The fourth-order valence-corrected chi connectivity index (χ4v) is 3.02. The maximum absolute atomic E-state index is 11.9. The summed E-state index contributed by atoms with van der Waals surface area (Å²) in [6.45, 7) is 0. The van der Waals surface area contributed by atoms with Crippen molar-refractivity contribution in [1.29, 1.82) is 0 Å². The van der Waals surface area contributed by atoms with Gasteiger partial charge in [-0.2, -0.15) is 0 Å². The number of hydrogen-bond acceptors (Lipinski definition) is 3. The average molecular weight is 341 g/mol. The second kappa shape index (κ2) is 7.59. The van der Waals surface area contributed by atoms with Gasteiger partial charge in [0.15, 0.2) is 0 Å². The highest BCUT2D eigenvalue weighted by molar-refractivity contribution is 7.99. The van der Waals surface area contributed by atoms with Crippen molar-refractivity contribution in [2.75, 3.05) is 16.8 Å². The molecule has 0 aromatic heterocycles. The first-order chi connectivity index (χ1) is 10.0. The Morgan fingerprint density at radius 1 is 1.14 bits per heavy atom. The summed E-state index contributed by atoms with van der Waals surface area (Å²) < 4.78 is 0. The van der Waals surface area contributed by atoms with Crippen LogP contribution in [0.1, 0.15) is 6.42 Å². The van der Waals surface area contributed by atoms with Crippen LogP contribution in [0.3, 0.4) is 0 Å². The molecule has 0 unspecified atom stereocenters. The Morgan fingerprint density at radius 3 is 2.62 bits per heavy atom. The molecule has 21 heavy (non-hydrogen) atoms. The van der Waals surface area contributed by atoms with Crippen LogP contribution in [0.25, 0.3) is 0 Å². The van der Waals surface area contributed by atoms with Gasteiger partial charge >= 0.3 is 0 Å². The number of anilines is 2. The van der Waals surface area contributed by atoms with Gasteiger partial charge in [-0.05, 0) is 36.4 Å². The van der Waals surface area contributed by atoms with Gasteiger partial charge in [-0.25, -0.2) is 0 Å². The number of carbonyl (C=O) groups is 1. The van der Waals surface area contributed by atoms with Crippen LogP contribution >= 0.6 is 35.0 Å². The summed E-state index contributed by atoms with van der Waals surface area (Å²) in [5, 5.41) is 4.01. The minimum atomic E-state index is -0.0847. The lowest BCUT2D eigenvalue weighted by molar-refractivity contribution is -0.115. The molecule has 0 radical (unpaired) electrons. The highest BCUT2D eigenvalue weighted by Gasteiger charge is 2.06. The second-order valence-electron chi connectivity index (χ2n) is 4.34. The van der Waals surface area contributed by atoms with E-state index in [2.05, 4.69) is 5.32 Å². The number of nitrogens with two attached hydrogens (primary N) is 1. The summed E-state index contributed by atoms with van der Waals surface area (Å²) in [6.07, 6.45) is 0.388. The average Bonchev–Trinajstić information content (AvgIpc) is 2.42. The molecular formula is C15H14Cl2N2OS. The first-order valence-electron chi connectivity index (χ1n) is 6.28. The van der Waals surface area contributed by atoms with Crippen LogP contribution < -0.4 is 11.1 Å². The molecule has 0 fully saturated rings. The molecule has 3 N–H and O–H groups in total. The van der Waals surface area contributed by atoms with E-state index < -0.39 is 0 Å². The number of carbonyl (C=O) groups excluding carboxylic acids is 1. The highest BCUT2D eigenvalue weighted by atomic mass is 35.5. The van der Waals surface area contributed by atoms with Crippen molar-refractivity contribution in [2.24, 2.45) is 0 Å². The molecule has 2 rings (SSSR count). The van der Waals surface area contributed by atoms with Crippen LogP contribution in [-0.4, -0.2) is 11.7 Å². The van der Waals surface area contributed by atoms with Crippen molar-refractivity contribution in [3.63, 3.8) is 0 Å². The van der Waals surface area contributed by atoms with Crippen LogP contribution in [0, 0.1) is 0 Å². The summed E-state index contributed by atoms with van der Waals surface area (Å²) in [5.41, 5.74) is 6.82. The van der Waals surface area contributed by atoms with Gasteiger partial charge in [0, 0.05) is 27.1 Å². The predicted molar refractivity (Wildman–Crippen MR) is 91.3 cm³/mol. The molecule has 0 aliphatic heterocycles. The summed E-state index contributed by atoms with van der Waals surface area (Å²) in [7, 11) is 0. The van der Waals surface area contributed by atoms with E-state index in [1.165, 1.54) is 0 Å². The van der Waals surface area contributed by atoms with Crippen molar-refractivity contribution in [2.45, 2.75) is 11.3 Å². The lowest BCUT2D eigenvalue weighted by Gasteiger charge is -2.08. The predicted octanol–water partition coefficient (Wildman–Crippen LogP) is 4.70. The molecule has 0 spiro atoms. The van der Waals surface area contributed by atoms with Gasteiger partial charge in [-0.15, -0.1) is 11.8 Å². The van der Waals surface area contributed by atoms with E-state index in [9.17, 15) is 4.79 Å². The Kier molecular flexibility index (Phi) is 5.79. The molecule has 0 saturated heterocycles. The maximum atomic E-state index is 11.9. The number of halogens is 2. The van der Waals surface area contributed by atoms with Gasteiger partial charge in [-0.3, -0.25) is 4.79 Å². The van der Waals surface area contributed by atoms with E-state index in [1.54, 1.807) is 30.0 Å². The SMILES string of the molecule is Nc1cc(Cl)ccc1NC(=O)CCSc1cccc(Cl)c1. The fourth-order valence-electron chi connectivity index (χ4n) is 1.68. The Labute approximate surface area is 137 Å². The largest absolute Gasteiger partial charge is 0.397 e. The molecule has 2 aromatic rings. The van der Waals surface area contributed by atoms with E-state index in [0.29, 0.717) is 33.6 Å². The number of nitrogens with one attached hydrogen (secondary N) is 1. The van der Waals surface area contributed by atoms with E-state index in [0.717, 1.165) is 4.90 Å². The molecule has 0 saturated carbocycles. The van der Waals surface area contributed by atoms with E-state index >= 15 is 0 Å². The van der Waals surface area contributed by atoms with Crippen molar-refractivity contribution in [3.05, 3.63) is 52.5 Å². The third kappa shape index (κ3) is 5.16. The molecule has 6 heteroatoms. The fraction of sp³-hybridized carbons (Fsp3) is 0.133. The van der Waals surface area contributed by atoms with Crippen LogP contribution in [0.2, 0.25) is 10.0 Å². The van der Waals surface area contributed by atoms with Gasteiger partial charge < -0.3 is 11.1 Å². The Balaban J connectivity index is 1.82. The summed E-state index contributed by atoms with van der Waals surface area (Å²) in [4.78, 5) is 12.9. The summed E-state index contributed by atoms with van der Waals surface area (Å²) in [5.74, 6) is 0.582. The third-order valence-corrected chi connectivity index (χ3v) is 4.15. The molecule has 0 aliphatic rings. The minimum absolute atomic E-state index is 0.0847. The monoisotopic (exact) mass is 340 g/mol. The lowest BCUT2D eigenvalue weighted by Crippen LogP contribution is -2.13. The smallest absolute Gasteiger partial charge is 0.225 e. The number of thioether (sulfide) groups is 1. The van der Waals surface area contributed by atoms with Crippen molar-refractivity contribution in [1.82, 2.24) is 0 Å². The molecule has 1 amide bonds. The number of hydrogen-bond donors (Lipinski definition) is 2. The summed E-state index contributed by atoms with van der Waals surface area (Å²) >= 11 is 13.3. The number of rotatable bonds is 5. The van der Waals surface area contributed by atoms with E-state index in [1.807, 2.05) is 24.3 Å². The number of benzene rings is 2. The molecular weight excluding hydrogens is 327 g/mol.